The fraction of sp³-hybridized carbons (Fsp3) is 0.320. The SMILES string of the molecule is Cc1cn(-c2ccc3n(c2=O)CCN(CC2=CC(CF)(CF)Oc4ccc(C(F)(F)F)cc42)C3=O)cn1. The highest BCUT2D eigenvalue weighted by Gasteiger charge is 2.39. The number of carbonyl (C=O) groups is 1. The van der Waals surface area contributed by atoms with Gasteiger partial charge in [0.1, 0.15) is 30.5 Å². The van der Waals surface area contributed by atoms with E-state index in [1.54, 1.807) is 17.7 Å². The van der Waals surface area contributed by atoms with E-state index in [1.807, 2.05) is 0 Å². The number of imidazole rings is 1. The molecule has 2 aromatic heterocycles. The molecule has 37 heavy (non-hydrogen) atoms. The number of ether oxygens (including phenoxy) is 1. The molecule has 1 amide bonds. The van der Waals surface area contributed by atoms with E-state index in [2.05, 4.69) is 4.98 Å². The molecule has 0 fully saturated rings. The van der Waals surface area contributed by atoms with E-state index >= 15 is 0 Å². The Hall–Kier alpha value is -3.96. The molecule has 0 saturated heterocycles. The second kappa shape index (κ2) is 8.86. The topological polar surface area (TPSA) is 69.4 Å². The summed E-state index contributed by atoms with van der Waals surface area (Å²) in [6.07, 6.45) is -0.383. The number of hydrogen-bond donors (Lipinski definition) is 0. The van der Waals surface area contributed by atoms with E-state index in [4.69, 9.17) is 4.74 Å². The molecule has 4 heterocycles. The standard InChI is InChI=1S/C25H21F5N4O3/c1-15-10-33(14-31-15)19-3-4-20-22(35)32(6-7-34(20)23(19)36)11-16-9-24(12-26,13-27)37-21-5-2-17(8-18(16)21)25(28,29)30/h2-5,8-10,14H,6-7,11-13H2,1H3. The maximum atomic E-state index is 13.8. The number of carbonyl (C=O) groups excluding carboxylic acids is 1. The zero-order valence-corrected chi connectivity index (χ0v) is 19.6. The number of aromatic nitrogens is 3. The number of alkyl halides is 5. The van der Waals surface area contributed by atoms with Crippen LogP contribution in [0, 0.1) is 6.92 Å². The van der Waals surface area contributed by atoms with Gasteiger partial charge in [0.2, 0.25) is 0 Å². The van der Waals surface area contributed by atoms with Gasteiger partial charge < -0.3 is 18.8 Å². The molecule has 0 bridgehead atoms. The van der Waals surface area contributed by atoms with Crippen molar-refractivity contribution in [2.75, 3.05) is 26.4 Å². The highest BCUT2D eigenvalue weighted by Crippen LogP contribution is 2.41. The number of fused-ring (bicyclic) bond motifs is 2. The maximum Gasteiger partial charge on any atom is 0.416 e. The first kappa shape index (κ1) is 24.7. The predicted molar refractivity (Wildman–Crippen MR) is 123 cm³/mol. The van der Waals surface area contributed by atoms with Crippen molar-refractivity contribution in [3.8, 4) is 11.4 Å². The van der Waals surface area contributed by atoms with Gasteiger partial charge in [-0.25, -0.2) is 13.8 Å². The summed E-state index contributed by atoms with van der Waals surface area (Å²) in [6.45, 7) is -0.780. The molecule has 12 heteroatoms. The molecule has 0 atom stereocenters. The number of nitrogens with zero attached hydrogens (tertiary/aromatic N) is 4. The minimum absolute atomic E-state index is 0.00561. The number of benzene rings is 1. The molecule has 2 aliphatic heterocycles. The number of rotatable bonds is 5. The molecular weight excluding hydrogens is 499 g/mol. The first-order valence-corrected chi connectivity index (χ1v) is 11.3. The van der Waals surface area contributed by atoms with Crippen LogP contribution in [0.3, 0.4) is 0 Å². The van der Waals surface area contributed by atoms with Crippen LogP contribution in [0.5, 0.6) is 5.75 Å². The average molecular weight is 520 g/mol. The molecular formula is C25H21F5N4O3. The molecule has 1 aromatic carbocycles. The first-order valence-electron chi connectivity index (χ1n) is 11.3. The largest absolute Gasteiger partial charge is 0.477 e. The zero-order chi connectivity index (χ0) is 26.5. The number of pyridine rings is 1. The van der Waals surface area contributed by atoms with Crippen molar-refractivity contribution in [2.45, 2.75) is 25.2 Å². The van der Waals surface area contributed by atoms with E-state index < -0.39 is 42.2 Å². The van der Waals surface area contributed by atoms with Crippen LogP contribution in [-0.2, 0) is 12.7 Å². The fourth-order valence-electron chi connectivity index (χ4n) is 4.55. The molecule has 2 aliphatic rings. The number of halogens is 5. The van der Waals surface area contributed by atoms with Crippen molar-refractivity contribution in [3.05, 3.63) is 81.8 Å². The molecule has 5 rings (SSSR count). The Balaban J connectivity index is 1.50. The van der Waals surface area contributed by atoms with Gasteiger partial charge in [0, 0.05) is 31.4 Å². The highest BCUT2D eigenvalue weighted by molar-refractivity contribution is 5.94. The highest BCUT2D eigenvalue weighted by atomic mass is 19.4. The Morgan fingerprint density at radius 2 is 1.84 bits per heavy atom. The normalized spacial score (nSPS) is 16.6. The third-order valence-electron chi connectivity index (χ3n) is 6.46. The third kappa shape index (κ3) is 4.30. The quantitative estimate of drug-likeness (QED) is 0.478. The molecule has 194 valence electrons. The Morgan fingerprint density at radius 3 is 2.49 bits per heavy atom. The lowest BCUT2D eigenvalue weighted by Crippen LogP contribution is -2.46. The second-order valence-electron chi connectivity index (χ2n) is 9.02. The third-order valence-corrected chi connectivity index (χ3v) is 6.46. The van der Waals surface area contributed by atoms with Crippen LogP contribution >= 0.6 is 0 Å². The van der Waals surface area contributed by atoms with Crippen LogP contribution in [0.4, 0.5) is 22.0 Å². The molecule has 7 nitrogen and oxygen atoms in total. The van der Waals surface area contributed by atoms with Gasteiger partial charge >= 0.3 is 6.18 Å². The Labute approximate surface area is 207 Å². The van der Waals surface area contributed by atoms with Gasteiger partial charge in [-0.15, -0.1) is 0 Å². The number of hydrogen-bond acceptors (Lipinski definition) is 4. The molecule has 3 aromatic rings. The maximum absolute atomic E-state index is 13.8. The molecule has 0 saturated carbocycles. The average Bonchev–Trinajstić information content (AvgIpc) is 3.30. The summed E-state index contributed by atoms with van der Waals surface area (Å²) in [5.74, 6) is -0.647. The molecule has 0 spiro atoms. The molecule has 0 aliphatic carbocycles. The number of amides is 1. The van der Waals surface area contributed by atoms with Gasteiger partial charge in [-0.2, -0.15) is 13.2 Å². The summed E-state index contributed by atoms with van der Waals surface area (Å²) >= 11 is 0. The van der Waals surface area contributed by atoms with E-state index in [0.717, 1.165) is 24.3 Å². The van der Waals surface area contributed by atoms with Crippen LogP contribution < -0.4 is 10.3 Å². The van der Waals surface area contributed by atoms with Gasteiger partial charge in [-0.3, -0.25) is 9.59 Å². The lowest BCUT2D eigenvalue weighted by molar-refractivity contribution is -0.137. The van der Waals surface area contributed by atoms with Crippen LogP contribution in [0.2, 0.25) is 0 Å². The van der Waals surface area contributed by atoms with Crippen LogP contribution in [0.25, 0.3) is 11.3 Å². The van der Waals surface area contributed by atoms with Crippen LogP contribution in [0.15, 0.2) is 53.7 Å². The number of aryl methyl sites for hydroxylation is 1. The van der Waals surface area contributed by atoms with Gasteiger partial charge in [0.15, 0.2) is 5.60 Å². The second-order valence-corrected chi connectivity index (χ2v) is 9.02. The van der Waals surface area contributed by atoms with Crippen molar-refractivity contribution in [3.63, 3.8) is 0 Å². The van der Waals surface area contributed by atoms with E-state index in [1.165, 1.54) is 27.9 Å². The van der Waals surface area contributed by atoms with Crippen LogP contribution in [0.1, 0.15) is 27.3 Å². The van der Waals surface area contributed by atoms with Gasteiger partial charge in [0.25, 0.3) is 11.5 Å². The lowest BCUT2D eigenvalue weighted by Gasteiger charge is -2.36. The van der Waals surface area contributed by atoms with Gasteiger partial charge in [-0.1, -0.05) is 0 Å². The summed E-state index contributed by atoms with van der Waals surface area (Å²) in [5.41, 5.74) is -2.14. The minimum Gasteiger partial charge on any atom is -0.477 e. The summed E-state index contributed by atoms with van der Waals surface area (Å²) in [7, 11) is 0. The smallest absolute Gasteiger partial charge is 0.416 e. The monoisotopic (exact) mass is 520 g/mol. The molecule has 0 N–H and O–H groups in total. The predicted octanol–water partition coefficient (Wildman–Crippen LogP) is 3.97. The summed E-state index contributed by atoms with van der Waals surface area (Å²) in [5, 5.41) is 0. The first-order chi connectivity index (χ1) is 17.5. The Morgan fingerprint density at radius 1 is 1.08 bits per heavy atom. The van der Waals surface area contributed by atoms with Crippen molar-refractivity contribution in [2.24, 2.45) is 0 Å². The van der Waals surface area contributed by atoms with E-state index in [0.29, 0.717) is 11.4 Å². The van der Waals surface area contributed by atoms with Gasteiger partial charge in [0.05, 0.1) is 17.6 Å². The Bertz CT molecular complexity index is 1470. The van der Waals surface area contributed by atoms with Crippen molar-refractivity contribution in [1.82, 2.24) is 19.0 Å². The fourth-order valence-corrected chi connectivity index (χ4v) is 4.55. The molecule has 0 radical (unpaired) electrons. The Kier molecular flexibility index (Phi) is 5.92. The van der Waals surface area contributed by atoms with E-state index in [-0.39, 0.29) is 42.2 Å². The van der Waals surface area contributed by atoms with Crippen molar-refractivity contribution in [1.29, 1.82) is 0 Å². The summed E-state index contributed by atoms with van der Waals surface area (Å²) in [4.78, 5) is 31.8. The minimum atomic E-state index is -4.65. The van der Waals surface area contributed by atoms with E-state index in [9.17, 15) is 31.5 Å². The zero-order valence-electron chi connectivity index (χ0n) is 19.6. The lowest BCUT2D eigenvalue weighted by atomic mass is 9.92. The van der Waals surface area contributed by atoms with Crippen LogP contribution in [-0.4, -0.2) is 57.0 Å². The van der Waals surface area contributed by atoms with Crippen molar-refractivity contribution >= 4 is 11.5 Å². The molecule has 0 unspecified atom stereocenters. The summed E-state index contributed by atoms with van der Waals surface area (Å²) < 4.78 is 76.1. The van der Waals surface area contributed by atoms with Gasteiger partial charge in [-0.05, 0) is 48.9 Å². The summed E-state index contributed by atoms with van der Waals surface area (Å²) in [6, 6.07) is 5.62. The van der Waals surface area contributed by atoms with Crippen molar-refractivity contribution < 1.29 is 31.5 Å².